The van der Waals surface area contributed by atoms with Crippen molar-refractivity contribution in [1.82, 2.24) is 20.0 Å². The van der Waals surface area contributed by atoms with Gasteiger partial charge in [0.25, 0.3) is 0 Å². The normalized spacial score (nSPS) is 17.0. The number of nitrogens with zero attached hydrogens (tertiary/aromatic N) is 3. The van der Waals surface area contributed by atoms with E-state index in [0.717, 1.165) is 38.0 Å². The molecule has 2 aromatic rings. The molecule has 5 nitrogen and oxygen atoms in total. The fourth-order valence-corrected chi connectivity index (χ4v) is 4.43. The Morgan fingerprint density at radius 1 is 1.46 bits per heavy atom. The lowest BCUT2D eigenvalue weighted by atomic mass is 9.98. The molecule has 0 bridgehead atoms. The summed E-state index contributed by atoms with van der Waals surface area (Å²) in [5, 5.41) is 9.68. The lowest BCUT2D eigenvalue weighted by molar-refractivity contribution is 0.167. The van der Waals surface area contributed by atoms with Crippen LogP contribution < -0.4 is 5.32 Å². The van der Waals surface area contributed by atoms with Crippen LogP contribution in [0.5, 0.6) is 0 Å². The highest BCUT2D eigenvalue weighted by Gasteiger charge is 2.29. The second-order valence-corrected chi connectivity index (χ2v) is 7.40. The van der Waals surface area contributed by atoms with Gasteiger partial charge in [0, 0.05) is 30.2 Å². The molecular formula is C18H26N4OS. The largest absolute Gasteiger partial charge is 0.338 e. The lowest BCUT2D eigenvalue weighted by Crippen LogP contribution is -2.45. The van der Waals surface area contributed by atoms with Crippen molar-refractivity contribution in [2.45, 2.75) is 52.6 Å². The van der Waals surface area contributed by atoms with Gasteiger partial charge in [-0.1, -0.05) is 6.92 Å². The zero-order valence-electron chi connectivity index (χ0n) is 14.7. The van der Waals surface area contributed by atoms with Crippen molar-refractivity contribution in [3.8, 4) is 0 Å². The third-order valence-corrected chi connectivity index (χ3v) is 5.67. The average molecular weight is 346 g/mol. The SMILES string of the molecule is CCC1c2ccsc2CCN1C(=O)NCCCn1nc(C)cc1C. The Hall–Kier alpha value is -1.82. The summed E-state index contributed by atoms with van der Waals surface area (Å²) in [5.74, 6) is 0. The quantitative estimate of drug-likeness (QED) is 0.840. The predicted molar refractivity (Wildman–Crippen MR) is 97.5 cm³/mol. The van der Waals surface area contributed by atoms with E-state index in [0.29, 0.717) is 6.54 Å². The topological polar surface area (TPSA) is 50.2 Å². The van der Waals surface area contributed by atoms with Crippen molar-refractivity contribution < 1.29 is 4.79 Å². The number of thiophene rings is 1. The second kappa shape index (κ2) is 7.38. The number of amides is 2. The standard InChI is InChI=1S/C18H26N4OS/c1-4-16-15-7-11-24-17(15)6-10-21(16)18(23)19-8-5-9-22-14(3)12-13(2)20-22/h7,11-12,16H,4-6,8-10H2,1-3H3,(H,19,23). The van der Waals surface area contributed by atoms with Gasteiger partial charge in [0.05, 0.1) is 11.7 Å². The molecule has 2 amide bonds. The maximum Gasteiger partial charge on any atom is 0.317 e. The molecule has 24 heavy (non-hydrogen) atoms. The van der Waals surface area contributed by atoms with E-state index in [-0.39, 0.29) is 12.1 Å². The van der Waals surface area contributed by atoms with Crippen LogP contribution in [0.1, 0.15) is 47.6 Å². The Morgan fingerprint density at radius 2 is 2.29 bits per heavy atom. The fraction of sp³-hybridized carbons (Fsp3) is 0.556. The first kappa shape index (κ1) is 17.0. The fourth-order valence-electron chi connectivity index (χ4n) is 3.51. The molecule has 1 atom stereocenters. The van der Waals surface area contributed by atoms with Crippen LogP contribution in [0.25, 0.3) is 0 Å². The zero-order chi connectivity index (χ0) is 17.1. The van der Waals surface area contributed by atoms with Gasteiger partial charge in [0.2, 0.25) is 0 Å². The minimum atomic E-state index is 0.0621. The van der Waals surface area contributed by atoms with Gasteiger partial charge in [-0.25, -0.2) is 4.79 Å². The van der Waals surface area contributed by atoms with Gasteiger partial charge in [-0.05, 0) is 56.2 Å². The highest BCUT2D eigenvalue weighted by atomic mass is 32.1. The molecule has 0 fully saturated rings. The molecule has 0 saturated heterocycles. The van der Waals surface area contributed by atoms with Gasteiger partial charge in [0.1, 0.15) is 0 Å². The van der Waals surface area contributed by atoms with E-state index in [1.165, 1.54) is 16.1 Å². The Balaban J connectivity index is 1.51. The number of hydrogen-bond acceptors (Lipinski definition) is 3. The molecule has 130 valence electrons. The molecule has 0 radical (unpaired) electrons. The van der Waals surface area contributed by atoms with Gasteiger partial charge in [-0.3, -0.25) is 4.68 Å². The summed E-state index contributed by atoms with van der Waals surface area (Å²) in [6.07, 6.45) is 2.83. The lowest BCUT2D eigenvalue weighted by Gasteiger charge is -2.35. The third-order valence-electron chi connectivity index (χ3n) is 4.67. The predicted octanol–water partition coefficient (Wildman–Crippen LogP) is 3.67. The first-order valence-corrected chi connectivity index (χ1v) is 9.60. The third kappa shape index (κ3) is 3.48. The van der Waals surface area contributed by atoms with E-state index in [1.807, 2.05) is 27.8 Å². The van der Waals surface area contributed by atoms with E-state index in [4.69, 9.17) is 0 Å². The number of aryl methyl sites for hydroxylation is 3. The van der Waals surface area contributed by atoms with E-state index in [1.54, 1.807) is 0 Å². The first-order chi connectivity index (χ1) is 11.6. The highest BCUT2D eigenvalue weighted by molar-refractivity contribution is 7.10. The van der Waals surface area contributed by atoms with Gasteiger partial charge in [0.15, 0.2) is 0 Å². The van der Waals surface area contributed by atoms with Crippen molar-refractivity contribution >= 4 is 17.4 Å². The van der Waals surface area contributed by atoms with Crippen molar-refractivity contribution in [3.63, 3.8) is 0 Å². The van der Waals surface area contributed by atoms with E-state index in [2.05, 4.69) is 41.8 Å². The number of rotatable bonds is 5. The Labute approximate surface area is 147 Å². The number of carbonyl (C=O) groups is 1. The molecule has 0 aliphatic carbocycles. The van der Waals surface area contributed by atoms with Crippen LogP contribution in [-0.2, 0) is 13.0 Å². The van der Waals surface area contributed by atoms with E-state index < -0.39 is 0 Å². The van der Waals surface area contributed by atoms with Crippen LogP contribution in [-0.4, -0.2) is 33.8 Å². The molecule has 6 heteroatoms. The van der Waals surface area contributed by atoms with Gasteiger partial charge >= 0.3 is 6.03 Å². The van der Waals surface area contributed by atoms with Crippen molar-refractivity contribution in [2.75, 3.05) is 13.1 Å². The average Bonchev–Trinajstić information content (AvgIpc) is 3.16. The number of urea groups is 1. The Bertz CT molecular complexity index is 706. The minimum absolute atomic E-state index is 0.0621. The summed E-state index contributed by atoms with van der Waals surface area (Å²) in [5.41, 5.74) is 3.56. The Morgan fingerprint density at radius 3 is 3.00 bits per heavy atom. The zero-order valence-corrected chi connectivity index (χ0v) is 15.5. The molecule has 0 spiro atoms. The maximum atomic E-state index is 12.6. The molecule has 3 heterocycles. The van der Waals surface area contributed by atoms with Crippen LogP contribution >= 0.6 is 11.3 Å². The molecule has 2 aromatic heterocycles. The highest BCUT2D eigenvalue weighted by Crippen LogP contribution is 2.35. The molecule has 3 rings (SSSR count). The van der Waals surface area contributed by atoms with Gasteiger partial charge < -0.3 is 10.2 Å². The molecule has 1 aliphatic rings. The minimum Gasteiger partial charge on any atom is -0.338 e. The number of nitrogens with one attached hydrogen (secondary N) is 1. The molecule has 0 saturated carbocycles. The monoisotopic (exact) mass is 346 g/mol. The summed E-state index contributed by atoms with van der Waals surface area (Å²) >= 11 is 1.81. The molecule has 0 aromatic carbocycles. The summed E-state index contributed by atoms with van der Waals surface area (Å²) in [6.45, 7) is 8.56. The summed E-state index contributed by atoms with van der Waals surface area (Å²) in [4.78, 5) is 16.0. The van der Waals surface area contributed by atoms with Crippen LogP contribution in [0.2, 0.25) is 0 Å². The summed E-state index contributed by atoms with van der Waals surface area (Å²) in [7, 11) is 0. The molecule has 1 aliphatic heterocycles. The smallest absolute Gasteiger partial charge is 0.317 e. The first-order valence-electron chi connectivity index (χ1n) is 8.72. The Kier molecular flexibility index (Phi) is 5.23. The van der Waals surface area contributed by atoms with Gasteiger partial charge in [-0.15, -0.1) is 11.3 Å². The number of fused-ring (bicyclic) bond motifs is 1. The van der Waals surface area contributed by atoms with E-state index >= 15 is 0 Å². The van der Waals surface area contributed by atoms with Crippen LogP contribution in [0, 0.1) is 13.8 Å². The molecule has 1 unspecified atom stereocenters. The number of hydrogen-bond donors (Lipinski definition) is 1. The molecular weight excluding hydrogens is 320 g/mol. The summed E-state index contributed by atoms with van der Waals surface area (Å²) in [6, 6.07) is 4.54. The van der Waals surface area contributed by atoms with Crippen LogP contribution in [0.3, 0.4) is 0 Å². The van der Waals surface area contributed by atoms with Crippen molar-refractivity contribution in [2.24, 2.45) is 0 Å². The van der Waals surface area contributed by atoms with Crippen molar-refractivity contribution in [3.05, 3.63) is 39.3 Å². The summed E-state index contributed by atoms with van der Waals surface area (Å²) < 4.78 is 2.01. The van der Waals surface area contributed by atoms with Crippen LogP contribution in [0.4, 0.5) is 4.79 Å². The molecule has 1 N–H and O–H groups in total. The second-order valence-electron chi connectivity index (χ2n) is 6.40. The van der Waals surface area contributed by atoms with E-state index in [9.17, 15) is 4.79 Å². The maximum absolute atomic E-state index is 12.6. The number of aromatic nitrogens is 2. The van der Waals surface area contributed by atoms with Crippen LogP contribution in [0.15, 0.2) is 17.5 Å². The van der Waals surface area contributed by atoms with Crippen molar-refractivity contribution in [1.29, 1.82) is 0 Å². The van der Waals surface area contributed by atoms with Gasteiger partial charge in [-0.2, -0.15) is 5.10 Å². The number of carbonyl (C=O) groups excluding carboxylic acids is 1.